The van der Waals surface area contributed by atoms with E-state index in [0.29, 0.717) is 5.15 Å². The summed E-state index contributed by atoms with van der Waals surface area (Å²) < 4.78 is 0. The van der Waals surface area contributed by atoms with Gasteiger partial charge in [-0.3, -0.25) is 0 Å². The number of hydrogen-bond donors (Lipinski definition) is 1. The molecule has 5 heteroatoms. The number of rotatable bonds is 3. The molecule has 0 radical (unpaired) electrons. The maximum atomic E-state index is 5.82. The molecule has 2 unspecified atom stereocenters. The van der Waals surface area contributed by atoms with Gasteiger partial charge in [0.25, 0.3) is 0 Å². The lowest BCUT2D eigenvalue weighted by Gasteiger charge is -2.36. The number of anilines is 1. The summed E-state index contributed by atoms with van der Waals surface area (Å²) in [5.74, 6) is 0.769. The summed E-state index contributed by atoms with van der Waals surface area (Å²) in [5.41, 5.74) is 0.973. The van der Waals surface area contributed by atoms with Gasteiger partial charge >= 0.3 is 0 Å². The summed E-state index contributed by atoms with van der Waals surface area (Å²) in [4.78, 5) is 2.57. The highest BCUT2D eigenvalue weighted by Crippen LogP contribution is 2.37. The molecule has 1 aromatic heterocycles. The Bertz CT molecular complexity index is 411. The monoisotopic (exact) mass is 266 g/mol. The van der Waals surface area contributed by atoms with Crippen molar-refractivity contribution in [2.75, 3.05) is 18.9 Å². The van der Waals surface area contributed by atoms with Crippen molar-refractivity contribution in [1.29, 1.82) is 0 Å². The van der Waals surface area contributed by atoms with Crippen LogP contribution in [0.25, 0.3) is 0 Å². The molecule has 18 heavy (non-hydrogen) atoms. The summed E-state index contributed by atoms with van der Waals surface area (Å²) in [6.45, 7) is 1.02. The lowest BCUT2D eigenvalue weighted by atomic mass is 9.91. The van der Waals surface area contributed by atoms with E-state index in [1.54, 1.807) is 6.20 Å². The number of aromatic nitrogens is 2. The second-order valence-electron chi connectivity index (χ2n) is 5.54. The van der Waals surface area contributed by atoms with E-state index < -0.39 is 0 Å². The maximum Gasteiger partial charge on any atom is 0.153 e. The average molecular weight is 267 g/mol. The van der Waals surface area contributed by atoms with Crippen molar-refractivity contribution in [1.82, 2.24) is 15.1 Å². The molecule has 1 N–H and O–H groups in total. The van der Waals surface area contributed by atoms with Gasteiger partial charge < -0.3 is 10.2 Å². The second-order valence-corrected chi connectivity index (χ2v) is 5.92. The third kappa shape index (κ3) is 2.45. The minimum Gasteiger partial charge on any atom is -0.383 e. The van der Waals surface area contributed by atoms with Crippen LogP contribution in [-0.4, -0.2) is 40.8 Å². The Morgan fingerprint density at radius 3 is 2.78 bits per heavy atom. The van der Waals surface area contributed by atoms with Gasteiger partial charge in [-0.25, -0.2) is 0 Å². The molecule has 0 spiro atoms. The molecule has 0 amide bonds. The molecule has 2 aliphatic rings. The second kappa shape index (κ2) is 5.02. The van der Waals surface area contributed by atoms with Gasteiger partial charge in [0.2, 0.25) is 0 Å². The van der Waals surface area contributed by atoms with Crippen LogP contribution in [0.4, 0.5) is 5.69 Å². The molecule has 3 rings (SSSR count). The van der Waals surface area contributed by atoms with E-state index in [0.717, 1.165) is 30.2 Å². The zero-order valence-corrected chi connectivity index (χ0v) is 11.4. The maximum absolute atomic E-state index is 5.82. The molecule has 4 nitrogen and oxygen atoms in total. The Hall–Kier alpha value is -0.870. The normalized spacial score (nSPS) is 31.6. The Labute approximate surface area is 113 Å². The van der Waals surface area contributed by atoms with E-state index in [-0.39, 0.29) is 0 Å². The Morgan fingerprint density at radius 2 is 2.11 bits per heavy atom. The molecule has 3 heterocycles. The van der Waals surface area contributed by atoms with Gasteiger partial charge in [-0.2, -0.15) is 5.10 Å². The highest BCUT2D eigenvalue weighted by molar-refractivity contribution is 6.29. The summed E-state index contributed by atoms with van der Waals surface area (Å²) >= 11 is 5.82. The van der Waals surface area contributed by atoms with Crippen molar-refractivity contribution in [2.45, 2.75) is 37.8 Å². The molecular formula is C13H19ClN4. The van der Waals surface area contributed by atoms with Crippen molar-refractivity contribution < 1.29 is 0 Å². The van der Waals surface area contributed by atoms with Gasteiger partial charge in [0, 0.05) is 24.7 Å². The zero-order chi connectivity index (χ0) is 12.5. The number of halogens is 1. The van der Waals surface area contributed by atoms with Crippen molar-refractivity contribution >= 4 is 17.3 Å². The number of piperidine rings is 1. The summed E-state index contributed by atoms with van der Waals surface area (Å²) in [6, 6.07) is 3.43. The fraction of sp³-hybridized carbons (Fsp3) is 0.692. The van der Waals surface area contributed by atoms with E-state index in [1.807, 2.05) is 6.07 Å². The molecular weight excluding hydrogens is 248 g/mol. The van der Waals surface area contributed by atoms with E-state index in [4.69, 9.17) is 11.6 Å². The van der Waals surface area contributed by atoms with Crippen LogP contribution in [0, 0.1) is 5.92 Å². The minimum absolute atomic E-state index is 0.448. The van der Waals surface area contributed by atoms with Crippen LogP contribution in [0.2, 0.25) is 5.15 Å². The lowest BCUT2D eigenvalue weighted by molar-refractivity contribution is 0.139. The van der Waals surface area contributed by atoms with Crippen LogP contribution in [0.3, 0.4) is 0 Å². The molecule has 2 bridgehead atoms. The fourth-order valence-corrected chi connectivity index (χ4v) is 3.55. The SMILES string of the molecule is CN1C2CCC1CC(CNc1cnnc(Cl)c1)C2. The molecule has 0 saturated carbocycles. The first-order valence-electron chi connectivity index (χ1n) is 6.66. The van der Waals surface area contributed by atoms with Gasteiger partial charge in [-0.15, -0.1) is 5.10 Å². The third-order valence-electron chi connectivity index (χ3n) is 4.42. The van der Waals surface area contributed by atoms with Gasteiger partial charge in [-0.1, -0.05) is 11.6 Å². The first-order valence-corrected chi connectivity index (χ1v) is 7.04. The topological polar surface area (TPSA) is 41.0 Å². The Morgan fingerprint density at radius 1 is 1.39 bits per heavy atom. The number of hydrogen-bond acceptors (Lipinski definition) is 4. The van der Waals surface area contributed by atoms with Crippen molar-refractivity contribution in [3.8, 4) is 0 Å². The van der Waals surface area contributed by atoms with Crippen LogP contribution in [0.15, 0.2) is 12.3 Å². The van der Waals surface area contributed by atoms with E-state index in [9.17, 15) is 0 Å². The van der Waals surface area contributed by atoms with Crippen LogP contribution in [0.1, 0.15) is 25.7 Å². The van der Waals surface area contributed by atoms with E-state index in [2.05, 4.69) is 27.5 Å². The molecule has 1 aromatic rings. The first kappa shape index (κ1) is 12.2. The van der Waals surface area contributed by atoms with Crippen LogP contribution in [0.5, 0.6) is 0 Å². The lowest BCUT2D eigenvalue weighted by Crippen LogP contribution is -2.41. The minimum atomic E-state index is 0.448. The Balaban J connectivity index is 1.55. The highest BCUT2D eigenvalue weighted by atomic mass is 35.5. The predicted octanol–water partition coefficient (Wildman–Crippen LogP) is 2.41. The van der Waals surface area contributed by atoms with E-state index in [1.165, 1.54) is 25.7 Å². The Kier molecular flexibility index (Phi) is 3.39. The van der Waals surface area contributed by atoms with Gasteiger partial charge in [0.15, 0.2) is 5.15 Å². The zero-order valence-electron chi connectivity index (χ0n) is 10.6. The van der Waals surface area contributed by atoms with Crippen LogP contribution in [-0.2, 0) is 0 Å². The average Bonchev–Trinajstić information content (AvgIpc) is 2.60. The van der Waals surface area contributed by atoms with Crippen LogP contribution >= 0.6 is 11.6 Å². The van der Waals surface area contributed by atoms with Crippen LogP contribution < -0.4 is 5.32 Å². The van der Waals surface area contributed by atoms with Crippen molar-refractivity contribution in [3.63, 3.8) is 0 Å². The van der Waals surface area contributed by atoms with E-state index >= 15 is 0 Å². The summed E-state index contributed by atoms with van der Waals surface area (Å²) in [7, 11) is 2.28. The molecule has 98 valence electrons. The van der Waals surface area contributed by atoms with Crippen molar-refractivity contribution in [3.05, 3.63) is 17.4 Å². The third-order valence-corrected chi connectivity index (χ3v) is 4.60. The fourth-order valence-electron chi connectivity index (χ4n) is 3.39. The smallest absolute Gasteiger partial charge is 0.153 e. The van der Waals surface area contributed by atoms with Gasteiger partial charge in [0.05, 0.1) is 11.9 Å². The van der Waals surface area contributed by atoms with Gasteiger partial charge in [-0.05, 0) is 38.6 Å². The summed E-state index contributed by atoms with van der Waals surface area (Å²) in [6.07, 6.45) is 7.11. The number of fused-ring (bicyclic) bond motifs is 2. The summed E-state index contributed by atoms with van der Waals surface area (Å²) in [5, 5.41) is 11.5. The number of nitrogens with one attached hydrogen (secondary N) is 1. The molecule has 0 aliphatic carbocycles. The van der Waals surface area contributed by atoms with Gasteiger partial charge in [0.1, 0.15) is 0 Å². The number of nitrogens with zero attached hydrogens (tertiary/aromatic N) is 3. The molecule has 0 aromatic carbocycles. The predicted molar refractivity (Wildman–Crippen MR) is 72.8 cm³/mol. The molecule has 2 atom stereocenters. The largest absolute Gasteiger partial charge is 0.383 e. The molecule has 2 fully saturated rings. The molecule has 2 aliphatic heterocycles. The van der Waals surface area contributed by atoms with Crippen molar-refractivity contribution in [2.24, 2.45) is 5.92 Å². The first-order chi connectivity index (χ1) is 8.72. The molecule has 2 saturated heterocycles. The standard InChI is InChI=1S/C13H19ClN4/c1-18-11-2-3-12(18)5-9(4-11)7-15-10-6-13(14)17-16-8-10/h6,8-9,11-12H,2-5,7H2,1H3,(H,15,17). The highest BCUT2D eigenvalue weighted by Gasteiger charge is 2.37. The quantitative estimate of drug-likeness (QED) is 0.912.